The van der Waals surface area contributed by atoms with Crippen LogP contribution in [0.5, 0.6) is 0 Å². The molecule has 0 radical (unpaired) electrons. The van der Waals surface area contributed by atoms with Crippen molar-refractivity contribution in [3.8, 4) is 11.5 Å². The molecule has 31 heavy (non-hydrogen) atoms. The first kappa shape index (κ1) is 20.2. The van der Waals surface area contributed by atoms with Gasteiger partial charge in [0.2, 0.25) is 5.89 Å². The number of anilines is 2. The van der Waals surface area contributed by atoms with Gasteiger partial charge in [-0.05, 0) is 55.0 Å². The standard InChI is InChI=1S/C23H18F2N4O2/c1-14-2-4-15(5-3-14)12-21-28-29-22(31-21)19-13-18(10-11-20(19)25)27-23(30)26-17-8-6-16(24)7-9-17/h2-11,13H,12H2,1H3,(H2,26,27,30). The van der Waals surface area contributed by atoms with Gasteiger partial charge in [0.05, 0.1) is 12.0 Å². The summed E-state index contributed by atoms with van der Waals surface area (Å²) in [7, 11) is 0. The third-order valence-electron chi connectivity index (χ3n) is 4.50. The lowest BCUT2D eigenvalue weighted by molar-refractivity contribution is 0.262. The Balaban J connectivity index is 1.47. The van der Waals surface area contributed by atoms with E-state index in [2.05, 4.69) is 20.8 Å². The highest BCUT2D eigenvalue weighted by atomic mass is 19.1. The molecule has 4 rings (SSSR count). The van der Waals surface area contributed by atoms with Crippen LogP contribution in [0.4, 0.5) is 25.0 Å². The fourth-order valence-corrected chi connectivity index (χ4v) is 2.91. The number of carbonyl (C=O) groups is 1. The van der Waals surface area contributed by atoms with Gasteiger partial charge in [-0.15, -0.1) is 10.2 Å². The van der Waals surface area contributed by atoms with Gasteiger partial charge >= 0.3 is 6.03 Å². The van der Waals surface area contributed by atoms with Gasteiger partial charge in [0.15, 0.2) is 0 Å². The molecule has 6 nitrogen and oxygen atoms in total. The Bertz CT molecular complexity index is 1210. The number of aryl methyl sites for hydroxylation is 1. The summed E-state index contributed by atoms with van der Waals surface area (Å²) in [5.41, 5.74) is 2.95. The molecule has 0 spiro atoms. The fourth-order valence-electron chi connectivity index (χ4n) is 2.91. The number of urea groups is 1. The average Bonchev–Trinajstić information content (AvgIpc) is 3.21. The summed E-state index contributed by atoms with van der Waals surface area (Å²) in [6.07, 6.45) is 0.424. The van der Waals surface area contributed by atoms with Crippen molar-refractivity contribution in [3.05, 3.63) is 95.4 Å². The molecule has 0 saturated heterocycles. The SMILES string of the molecule is Cc1ccc(Cc2nnc(-c3cc(NC(=O)Nc4ccc(F)cc4)ccc3F)o2)cc1. The zero-order valence-corrected chi connectivity index (χ0v) is 16.5. The van der Waals surface area contributed by atoms with Gasteiger partial charge in [-0.3, -0.25) is 0 Å². The van der Waals surface area contributed by atoms with Crippen molar-refractivity contribution in [1.82, 2.24) is 10.2 Å². The molecular weight excluding hydrogens is 402 g/mol. The minimum atomic E-state index is -0.560. The third-order valence-corrected chi connectivity index (χ3v) is 4.50. The molecule has 3 aromatic carbocycles. The Morgan fingerprint density at radius 2 is 1.58 bits per heavy atom. The molecule has 0 unspecified atom stereocenters. The molecule has 0 bridgehead atoms. The normalized spacial score (nSPS) is 10.7. The van der Waals surface area contributed by atoms with E-state index in [1.54, 1.807) is 0 Å². The first-order valence-electron chi connectivity index (χ1n) is 9.48. The molecule has 0 saturated carbocycles. The second kappa shape index (κ2) is 8.74. The largest absolute Gasteiger partial charge is 0.420 e. The van der Waals surface area contributed by atoms with Crippen LogP contribution in [0.2, 0.25) is 0 Å². The van der Waals surface area contributed by atoms with Gasteiger partial charge in [0.1, 0.15) is 11.6 Å². The summed E-state index contributed by atoms with van der Waals surface area (Å²) in [5, 5.41) is 13.1. The van der Waals surface area contributed by atoms with Gasteiger partial charge in [-0.25, -0.2) is 13.6 Å². The van der Waals surface area contributed by atoms with Gasteiger partial charge in [0, 0.05) is 11.4 Å². The lowest BCUT2D eigenvalue weighted by Gasteiger charge is -2.09. The van der Waals surface area contributed by atoms with E-state index in [1.165, 1.54) is 42.5 Å². The lowest BCUT2D eigenvalue weighted by atomic mass is 10.1. The van der Waals surface area contributed by atoms with Crippen LogP contribution in [-0.4, -0.2) is 16.2 Å². The number of nitrogens with zero attached hydrogens (tertiary/aromatic N) is 2. The number of benzene rings is 3. The zero-order valence-electron chi connectivity index (χ0n) is 16.5. The van der Waals surface area contributed by atoms with Gasteiger partial charge in [0.25, 0.3) is 5.89 Å². The minimum absolute atomic E-state index is 0.0159. The van der Waals surface area contributed by atoms with Crippen molar-refractivity contribution >= 4 is 17.4 Å². The number of hydrogen-bond donors (Lipinski definition) is 2. The zero-order chi connectivity index (χ0) is 21.8. The third kappa shape index (κ3) is 5.11. The molecule has 8 heteroatoms. The number of amides is 2. The van der Waals surface area contributed by atoms with E-state index >= 15 is 0 Å². The van der Waals surface area contributed by atoms with Crippen LogP contribution in [0.15, 0.2) is 71.1 Å². The summed E-state index contributed by atoms with van der Waals surface area (Å²) in [4.78, 5) is 12.2. The molecule has 0 atom stereocenters. The Hall–Kier alpha value is -4.07. The molecule has 4 aromatic rings. The van der Waals surface area contributed by atoms with Crippen molar-refractivity contribution in [3.63, 3.8) is 0 Å². The van der Waals surface area contributed by atoms with E-state index in [-0.39, 0.29) is 11.5 Å². The first-order chi connectivity index (χ1) is 15.0. The highest BCUT2D eigenvalue weighted by Gasteiger charge is 2.15. The summed E-state index contributed by atoms with van der Waals surface area (Å²) < 4.78 is 33.0. The second-order valence-corrected chi connectivity index (χ2v) is 6.94. The number of rotatable bonds is 5. The number of aromatic nitrogens is 2. The van der Waals surface area contributed by atoms with Crippen LogP contribution < -0.4 is 10.6 Å². The average molecular weight is 420 g/mol. The van der Waals surface area contributed by atoms with Gasteiger partial charge in [-0.2, -0.15) is 0 Å². The molecule has 0 aliphatic heterocycles. The Morgan fingerprint density at radius 1 is 0.903 bits per heavy atom. The van der Waals surface area contributed by atoms with E-state index in [9.17, 15) is 13.6 Å². The summed E-state index contributed by atoms with van der Waals surface area (Å²) in [6, 6.07) is 16.7. The number of hydrogen-bond acceptors (Lipinski definition) is 4. The lowest BCUT2D eigenvalue weighted by Crippen LogP contribution is -2.19. The van der Waals surface area contributed by atoms with E-state index in [4.69, 9.17) is 4.42 Å². The Labute approximate surface area is 176 Å². The van der Waals surface area contributed by atoms with E-state index in [0.717, 1.165) is 11.1 Å². The highest BCUT2D eigenvalue weighted by molar-refractivity contribution is 6.00. The molecule has 0 fully saturated rings. The molecule has 156 valence electrons. The Kier molecular flexibility index (Phi) is 5.70. The maximum atomic E-state index is 14.4. The van der Waals surface area contributed by atoms with Crippen LogP contribution in [0.3, 0.4) is 0 Å². The summed E-state index contributed by atoms with van der Waals surface area (Å²) in [5.74, 6) is -0.599. The maximum absolute atomic E-state index is 14.4. The topological polar surface area (TPSA) is 80.0 Å². The molecule has 1 heterocycles. The monoisotopic (exact) mass is 420 g/mol. The quantitative estimate of drug-likeness (QED) is 0.443. The van der Waals surface area contributed by atoms with Crippen molar-refractivity contribution in [2.45, 2.75) is 13.3 Å². The summed E-state index contributed by atoms with van der Waals surface area (Å²) >= 11 is 0. The van der Waals surface area contributed by atoms with Crippen LogP contribution in [0.1, 0.15) is 17.0 Å². The van der Waals surface area contributed by atoms with Gasteiger partial charge in [-0.1, -0.05) is 29.8 Å². The van der Waals surface area contributed by atoms with Crippen LogP contribution in [0.25, 0.3) is 11.5 Å². The molecule has 0 aliphatic rings. The van der Waals surface area contributed by atoms with Crippen molar-refractivity contribution < 1.29 is 18.0 Å². The van der Waals surface area contributed by atoms with Crippen molar-refractivity contribution in [2.24, 2.45) is 0 Å². The summed E-state index contributed by atoms with van der Waals surface area (Å²) in [6.45, 7) is 2.00. The molecule has 2 amide bonds. The molecule has 0 aliphatic carbocycles. The van der Waals surface area contributed by atoms with Crippen molar-refractivity contribution in [2.75, 3.05) is 10.6 Å². The van der Waals surface area contributed by atoms with Crippen LogP contribution >= 0.6 is 0 Å². The smallest absolute Gasteiger partial charge is 0.323 e. The molecule has 1 aromatic heterocycles. The van der Waals surface area contributed by atoms with E-state index in [1.807, 2.05) is 31.2 Å². The van der Waals surface area contributed by atoms with Crippen LogP contribution in [-0.2, 0) is 6.42 Å². The van der Waals surface area contributed by atoms with E-state index in [0.29, 0.717) is 23.7 Å². The Morgan fingerprint density at radius 3 is 2.32 bits per heavy atom. The predicted molar refractivity (Wildman–Crippen MR) is 113 cm³/mol. The maximum Gasteiger partial charge on any atom is 0.323 e. The van der Waals surface area contributed by atoms with E-state index < -0.39 is 17.7 Å². The van der Waals surface area contributed by atoms with Crippen molar-refractivity contribution in [1.29, 1.82) is 0 Å². The molecule has 2 N–H and O–H groups in total. The minimum Gasteiger partial charge on any atom is -0.420 e. The second-order valence-electron chi connectivity index (χ2n) is 6.94. The highest BCUT2D eigenvalue weighted by Crippen LogP contribution is 2.26. The fraction of sp³-hybridized carbons (Fsp3) is 0.0870. The van der Waals surface area contributed by atoms with Crippen LogP contribution in [0, 0.1) is 18.6 Å². The molecular formula is C23H18F2N4O2. The van der Waals surface area contributed by atoms with Gasteiger partial charge < -0.3 is 15.1 Å². The predicted octanol–water partition coefficient (Wildman–Crippen LogP) is 5.56. The first-order valence-corrected chi connectivity index (χ1v) is 9.48. The number of nitrogens with one attached hydrogen (secondary N) is 2. The number of halogens is 2. The number of carbonyl (C=O) groups excluding carboxylic acids is 1.